The molecule has 0 amide bonds. The molecule has 0 aromatic rings. The zero-order valence-corrected chi connectivity index (χ0v) is 10.7. The molecule has 13 heavy (non-hydrogen) atoms. The summed E-state index contributed by atoms with van der Waals surface area (Å²) in [6.45, 7) is 5.61. The Balaban J connectivity index is 2.19. The van der Waals surface area contributed by atoms with E-state index in [1.165, 1.54) is 15.3 Å². The third kappa shape index (κ3) is 4.61. The first-order valence-corrected chi connectivity index (χ1v) is 8.18. The van der Waals surface area contributed by atoms with Crippen LogP contribution in [-0.4, -0.2) is 28.4 Å². The molecule has 0 aliphatic carbocycles. The zero-order valence-electron chi connectivity index (χ0n) is 8.59. The average molecular weight is 299 g/mol. The Morgan fingerprint density at radius 1 is 1.31 bits per heavy atom. The molecule has 0 radical (unpaired) electrons. The van der Waals surface area contributed by atoms with Gasteiger partial charge in [-0.1, -0.05) is 0 Å². The number of rotatable bonds is 6. The van der Waals surface area contributed by atoms with E-state index in [1.807, 2.05) is 13.8 Å². The van der Waals surface area contributed by atoms with Gasteiger partial charge in [-0.05, 0) is 0 Å². The van der Waals surface area contributed by atoms with E-state index in [9.17, 15) is 0 Å². The summed E-state index contributed by atoms with van der Waals surface area (Å²) in [7, 11) is 0. The van der Waals surface area contributed by atoms with Gasteiger partial charge in [0.2, 0.25) is 0 Å². The summed E-state index contributed by atoms with van der Waals surface area (Å²) >= 11 is 0.539. The first kappa shape index (κ1) is 11.7. The fourth-order valence-electron chi connectivity index (χ4n) is 1.55. The maximum atomic E-state index is 5.53. The van der Waals surface area contributed by atoms with Crippen molar-refractivity contribution in [2.75, 3.05) is 22.1 Å². The van der Waals surface area contributed by atoms with Gasteiger partial charge in [0.15, 0.2) is 0 Å². The molecule has 1 unspecified atom stereocenters. The summed E-state index contributed by atoms with van der Waals surface area (Å²) in [5.41, 5.74) is 0. The third-order valence-corrected chi connectivity index (χ3v) is 5.46. The van der Waals surface area contributed by atoms with E-state index in [2.05, 4.69) is 0 Å². The number of ether oxygens (including phenoxy) is 2. The minimum atomic E-state index is 0.0714. The van der Waals surface area contributed by atoms with E-state index in [1.54, 1.807) is 0 Å². The second-order valence-corrected chi connectivity index (χ2v) is 6.30. The van der Waals surface area contributed by atoms with Gasteiger partial charge in [0, 0.05) is 0 Å². The molecule has 1 atom stereocenters. The van der Waals surface area contributed by atoms with Crippen LogP contribution in [0.5, 0.6) is 0 Å². The van der Waals surface area contributed by atoms with Gasteiger partial charge < -0.3 is 0 Å². The fourth-order valence-corrected chi connectivity index (χ4v) is 4.99. The van der Waals surface area contributed by atoms with Gasteiger partial charge in [-0.15, -0.1) is 0 Å². The van der Waals surface area contributed by atoms with Crippen molar-refractivity contribution in [3.63, 3.8) is 0 Å². The van der Waals surface area contributed by atoms with Crippen LogP contribution in [0, 0.1) is 5.92 Å². The molecule has 0 saturated carbocycles. The van der Waals surface area contributed by atoms with E-state index in [4.69, 9.17) is 9.47 Å². The molecular weight excluding hydrogens is 279 g/mol. The number of alkyl halides is 2. The molecule has 0 N–H and O–H groups in total. The molecule has 0 spiro atoms. The van der Waals surface area contributed by atoms with Crippen molar-refractivity contribution in [3.05, 3.63) is 0 Å². The SMILES string of the molecule is CCOC(CC1CC[I-]C1)OCC. The topological polar surface area (TPSA) is 18.5 Å². The third-order valence-electron chi connectivity index (χ3n) is 2.21. The molecule has 1 aliphatic rings. The van der Waals surface area contributed by atoms with Crippen LogP contribution in [0.2, 0.25) is 0 Å². The summed E-state index contributed by atoms with van der Waals surface area (Å²) < 4.78 is 14.1. The van der Waals surface area contributed by atoms with Gasteiger partial charge in [-0.3, -0.25) is 0 Å². The minimum absolute atomic E-state index is 0.0714. The van der Waals surface area contributed by atoms with Gasteiger partial charge in [0.25, 0.3) is 0 Å². The summed E-state index contributed by atoms with van der Waals surface area (Å²) in [5, 5.41) is 0. The zero-order chi connectivity index (χ0) is 9.52. The number of hydrogen-bond acceptors (Lipinski definition) is 2. The molecule has 80 valence electrons. The second-order valence-electron chi connectivity index (χ2n) is 3.26. The van der Waals surface area contributed by atoms with Crippen molar-refractivity contribution in [2.45, 2.75) is 33.0 Å². The van der Waals surface area contributed by atoms with Crippen LogP contribution >= 0.6 is 0 Å². The van der Waals surface area contributed by atoms with Gasteiger partial charge in [-0.2, -0.15) is 0 Å². The van der Waals surface area contributed by atoms with Crippen molar-refractivity contribution in [1.29, 1.82) is 0 Å². The summed E-state index contributed by atoms with van der Waals surface area (Å²) in [4.78, 5) is 0. The Morgan fingerprint density at radius 2 is 2.00 bits per heavy atom. The van der Waals surface area contributed by atoms with E-state index < -0.39 is 0 Å². The van der Waals surface area contributed by atoms with Gasteiger partial charge >= 0.3 is 91.6 Å². The number of hydrogen-bond donors (Lipinski definition) is 0. The molecule has 1 saturated heterocycles. The van der Waals surface area contributed by atoms with Crippen LogP contribution < -0.4 is 21.2 Å². The summed E-state index contributed by atoms with van der Waals surface area (Å²) in [6, 6.07) is 0. The van der Waals surface area contributed by atoms with Crippen LogP contribution in [0.4, 0.5) is 0 Å². The fraction of sp³-hybridized carbons (Fsp3) is 1.00. The van der Waals surface area contributed by atoms with Crippen LogP contribution in [0.15, 0.2) is 0 Å². The van der Waals surface area contributed by atoms with Crippen LogP contribution in [-0.2, 0) is 9.47 Å². The van der Waals surface area contributed by atoms with Gasteiger partial charge in [-0.25, -0.2) is 0 Å². The Morgan fingerprint density at radius 3 is 2.46 bits per heavy atom. The second kappa shape index (κ2) is 7.01. The van der Waals surface area contributed by atoms with Crippen molar-refractivity contribution in [1.82, 2.24) is 0 Å². The Kier molecular flexibility index (Phi) is 6.32. The molecule has 0 aromatic carbocycles. The van der Waals surface area contributed by atoms with E-state index in [0.717, 1.165) is 25.6 Å². The van der Waals surface area contributed by atoms with Gasteiger partial charge in [0.1, 0.15) is 0 Å². The van der Waals surface area contributed by atoms with E-state index >= 15 is 0 Å². The quantitative estimate of drug-likeness (QED) is 0.352. The molecule has 0 aromatic heterocycles. The molecule has 1 aliphatic heterocycles. The van der Waals surface area contributed by atoms with Crippen molar-refractivity contribution in [2.24, 2.45) is 5.92 Å². The van der Waals surface area contributed by atoms with E-state index in [-0.39, 0.29) is 6.29 Å². The molecule has 1 fully saturated rings. The molecular formula is C10H20IO2-. The molecule has 2 nitrogen and oxygen atoms in total. The first-order valence-electron chi connectivity index (χ1n) is 5.13. The monoisotopic (exact) mass is 299 g/mol. The Hall–Kier alpha value is 0.650. The predicted octanol–water partition coefficient (Wildman–Crippen LogP) is -1.12. The normalized spacial score (nSPS) is 23.5. The van der Waals surface area contributed by atoms with Crippen LogP contribution in [0.1, 0.15) is 26.7 Å². The van der Waals surface area contributed by atoms with Crippen molar-refractivity contribution < 1.29 is 30.7 Å². The number of halogens is 1. The Labute approximate surface area is 91.6 Å². The summed E-state index contributed by atoms with van der Waals surface area (Å²) in [5.74, 6) is 0.899. The standard InChI is InChI=1S/C10H20IO2/c1-3-12-10(13-4-2)7-9-5-6-11-8-9/h9-10H,3-8H2,1-2H3/q-1. The molecule has 1 rings (SSSR count). The summed E-state index contributed by atoms with van der Waals surface area (Å²) in [6.07, 6.45) is 2.62. The Bertz CT molecular complexity index is 118. The van der Waals surface area contributed by atoms with Crippen molar-refractivity contribution in [3.8, 4) is 0 Å². The average Bonchev–Trinajstić information content (AvgIpc) is 2.58. The van der Waals surface area contributed by atoms with E-state index in [0.29, 0.717) is 21.2 Å². The molecule has 1 heterocycles. The molecule has 0 bridgehead atoms. The van der Waals surface area contributed by atoms with Crippen LogP contribution in [0.25, 0.3) is 0 Å². The predicted molar refractivity (Wildman–Crippen MR) is 49.5 cm³/mol. The maximum absolute atomic E-state index is 5.53. The van der Waals surface area contributed by atoms with Crippen LogP contribution in [0.3, 0.4) is 0 Å². The first-order chi connectivity index (χ1) is 6.36. The molecule has 3 heteroatoms. The van der Waals surface area contributed by atoms with Gasteiger partial charge in [0.05, 0.1) is 0 Å². The van der Waals surface area contributed by atoms with Crippen molar-refractivity contribution >= 4 is 0 Å².